The van der Waals surface area contributed by atoms with Crippen molar-refractivity contribution in [1.29, 1.82) is 0 Å². The van der Waals surface area contributed by atoms with Crippen molar-refractivity contribution < 1.29 is 19.1 Å². The Kier molecular flexibility index (Phi) is 10.2. The average molecular weight is 448 g/mol. The highest BCUT2D eigenvalue weighted by Crippen LogP contribution is 2.26. The van der Waals surface area contributed by atoms with Crippen LogP contribution in [0.25, 0.3) is 0 Å². The summed E-state index contributed by atoms with van der Waals surface area (Å²) < 4.78 is 5.38. The first-order valence-corrected chi connectivity index (χ1v) is 11.4. The Morgan fingerprint density at radius 3 is 2.09 bits per heavy atom. The van der Waals surface area contributed by atoms with Crippen molar-refractivity contribution >= 4 is 17.9 Å². The topological polar surface area (TPSA) is 87.7 Å². The van der Waals surface area contributed by atoms with Gasteiger partial charge in [0.2, 0.25) is 11.8 Å². The first-order chi connectivity index (χ1) is 14.8. The summed E-state index contributed by atoms with van der Waals surface area (Å²) in [5, 5.41) is 5.68. The summed E-state index contributed by atoms with van der Waals surface area (Å²) >= 11 is 0. The molecule has 3 amide bonds. The maximum absolute atomic E-state index is 13.7. The van der Waals surface area contributed by atoms with Gasteiger partial charge in [-0.2, -0.15) is 0 Å². The number of carbonyl (C=O) groups is 3. The van der Waals surface area contributed by atoms with Crippen LogP contribution in [0.2, 0.25) is 0 Å². The van der Waals surface area contributed by atoms with E-state index in [4.69, 9.17) is 4.74 Å². The third-order valence-corrected chi connectivity index (χ3v) is 4.79. The summed E-state index contributed by atoms with van der Waals surface area (Å²) in [5.74, 6) is -0.400. The van der Waals surface area contributed by atoms with Gasteiger partial charge in [0.1, 0.15) is 17.7 Å². The Bertz CT molecular complexity index is 784. The van der Waals surface area contributed by atoms with Gasteiger partial charge in [-0.1, -0.05) is 38.1 Å². The molecular weight excluding hydrogens is 406 g/mol. The molecule has 2 unspecified atom stereocenters. The number of alkyl carbamates (subject to hydrolysis) is 1. The smallest absolute Gasteiger partial charge is 0.408 e. The number of rotatable bonds is 9. The van der Waals surface area contributed by atoms with E-state index in [1.165, 1.54) is 0 Å². The number of hydrogen-bond donors (Lipinski definition) is 2. The van der Waals surface area contributed by atoms with Crippen LogP contribution >= 0.6 is 0 Å². The maximum Gasteiger partial charge on any atom is 0.408 e. The van der Waals surface area contributed by atoms with Gasteiger partial charge < -0.3 is 20.3 Å². The lowest BCUT2D eigenvalue weighted by Gasteiger charge is -2.35. The minimum atomic E-state index is -0.803. The van der Waals surface area contributed by atoms with Crippen molar-refractivity contribution in [2.45, 2.75) is 92.5 Å². The molecule has 0 aliphatic heterocycles. The van der Waals surface area contributed by atoms with Crippen molar-refractivity contribution in [3.8, 4) is 0 Å². The lowest BCUT2D eigenvalue weighted by atomic mass is 9.96. The molecule has 0 aliphatic carbocycles. The summed E-state index contributed by atoms with van der Waals surface area (Å²) in [5.41, 5.74) is 1.01. The highest BCUT2D eigenvalue weighted by molar-refractivity contribution is 5.92. The van der Waals surface area contributed by atoms with E-state index < -0.39 is 23.8 Å². The van der Waals surface area contributed by atoms with Gasteiger partial charge >= 0.3 is 6.09 Å². The van der Waals surface area contributed by atoms with Crippen LogP contribution in [0.15, 0.2) is 24.3 Å². The number of benzene rings is 1. The van der Waals surface area contributed by atoms with Crippen molar-refractivity contribution in [2.75, 3.05) is 6.54 Å². The first-order valence-electron chi connectivity index (χ1n) is 11.4. The Labute approximate surface area is 193 Å². The summed E-state index contributed by atoms with van der Waals surface area (Å²) in [6.45, 7) is 17.1. The summed E-state index contributed by atoms with van der Waals surface area (Å²) in [6, 6.07) is 5.88. The standard InChI is InChI=1S/C25H41N3O4/c1-10-28(21(22(29)26-17(4)5)19-14-12-11-13-18(19)6)23(30)20(15-16(2)3)27-24(31)32-25(7,8)9/h11-14,16-17,20-21H,10,15H2,1-9H3,(H,26,29)(H,27,31). The number of aryl methyl sites for hydroxylation is 1. The Balaban J connectivity index is 3.35. The fourth-order valence-electron chi connectivity index (χ4n) is 3.52. The molecule has 0 aliphatic rings. The maximum atomic E-state index is 13.7. The summed E-state index contributed by atoms with van der Waals surface area (Å²) in [7, 11) is 0. The molecule has 2 N–H and O–H groups in total. The Morgan fingerprint density at radius 2 is 1.62 bits per heavy atom. The molecule has 1 aromatic carbocycles. The number of likely N-dealkylation sites (N-methyl/N-ethyl adjacent to an activating group) is 1. The molecule has 1 aromatic rings. The highest BCUT2D eigenvalue weighted by Gasteiger charge is 2.36. The van der Waals surface area contributed by atoms with Gasteiger partial charge in [-0.3, -0.25) is 9.59 Å². The van der Waals surface area contributed by atoms with Crippen LogP contribution < -0.4 is 10.6 Å². The number of hydrogen-bond acceptors (Lipinski definition) is 4. The molecule has 0 bridgehead atoms. The van der Waals surface area contributed by atoms with Crippen LogP contribution in [0.5, 0.6) is 0 Å². The normalized spacial score (nSPS) is 13.5. The number of amides is 3. The van der Waals surface area contributed by atoms with Crippen LogP contribution in [-0.2, 0) is 14.3 Å². The van der Waals surface area contributed by atoms with E-state index in [9.17, 15) is 14.4 Å². The van der Waals surface area contributed by atoms with E-state index in [1.54, 1.807) is 25.7 Å². The number of nitrogens with one attached hydrogen (secondary N) is 2. The quantitative estimate of drug-likeness (QED) is 0.589. The average Bonchev–Trinajstić information content (AvgIpc) is 2.63. The van der Waals surface area contributed by atoms with Crippen molar-refractivity contribution in [3.05, 3.63) is 35.4 Å². The molecule has 7 heteroatoms. The Hall–Kier alpha value is -2.57. The fourth-order valence-corrected chi connectivity index (χ4v) is 3.52. The molecular formula is C25H41N3O4. The van der Waals surface area contributed by atoms with E-state index in [0.29, 0.717) is 13.0 Å². The predicted molar refractivity (Wildman–Crippen MR) is 127 cm³/mol. The zero-order valence-corrected chi connectivity index (χ0v) is 21.1. The fraction of sp³-hybridized carbons (Fsp3) is 0.640. The minimum Gasteiger partial charge on any atom is -0.444 e. The number of nitrogens with zero attached hydrogens (tertiary/aromatic N) is 1. The third-order valence-electron chi connectivity index (χ3n) is 4.79. The second-order valence-electron chi connectivity index (χ2n) is 9.88. The van der Waals surface area contributed by atoms with Crippen LogP contribution in [0.3, 0.4) is 0 Å². The molecule has 0 spiro atoms. The van der Waals surface area contributed by atoms with E-state index in [-0.39, 0.29) is 23.8 Å². The molecule has 0 fully saturated rings. The predicted octanol–water partition coefficient (Wildman–Crippen LogP) is 4.35. The van der Waals surface area contributed by atoms with Crippen LogP contribution in [0.4, 0.5) is 4.79 Å². The second kappa shape index (κ2) is 11.9. The number of ether oxygens (including phenoxy) is 1. The van der Waals surface area contributed by atoms with Crippen molar-refractivity contribution in [1.82, 2.24) is 15.5 Å². The summed E-state index contributed by atoms with van der Waals surface area (Å²) in [4.78, 5) is 41.0. The second-order valence-corrected chi connectivity index (χ2v) is 9.88. The molecule has 0 aromatic heterocycles. The van der Waals surface area contributed by atoms with E-state index >= 15 is 0 Å². The lowest BCUT2D eigenvalue weighted by Crippen LogP contribution is -2.53. The van der Waals surface area contributed by atoms with Gasteiger partial charge in [-0.05, 0) is 71.9 Å². The van der Waals surface area contributed by atoms with Gasteiger partial charge in [0.25, 0.3) is 0 Å². The molecule has 0 heterocycles. The van der Waals surface area contributed by atoms with Gasteiger partial charge in [-0.15, -0.1) is 0 Å². The molecule has 0 radical (unpaired) electrons. The molecule has 0 saturated heterocycles. The Morgan fingerprint density at radius 1 is 1.03 bits per heavy atom. The van der Waals surface area contributed by atoms with Gasteiger partial charge in [0, 0.05) is 12.6 Å². The molecule has 2 atom stereocenters. The zero-order valence-electron chi connectivity index (χ0n) is 21.1. The molecule has 7 nitrogen and oxygen atoms in total. The lowest BCUT2D eigenvalue weighted by molar-refractivity contribution is -0.142. The third kappa shape index (κ3) is 8.52. The van der Waals surface area contributed by atoms with Crippen LogP contribution in [0.1, 0.15) is 79.0 Å². The molecule has 0 saturated carbocycles. The summed E-state index contributed by atoms with van der Waals surface area (Å²) in [6.07, 6.45) is -0.215. The van der Waals surface area contributed by atoms with E-state index in [0.717, 1.165) is 11.1 Å². The monoisotopic (exact) mass is 447 g/mol. The molecule has 1 rings (SSSR count). The first kappa shape index (κ1) is 27.5. The van der Waals surface area contributed by atoms with E-state index in [2.05, 4.69) is 10.6 Å². The van der Waals surface area contributed by atoms with Crippen molar-refractivity contribution in [2.24, 2.45) is 5.92 Å². The van der Waals surface area contributed by atoms with Gasteiger partial charge in [-0.25, -0.2) is 4.79 Å². The molecule has 32 heavy (non-hydrogen) atoms. The minimum absolute atomic E-state index is 0.0748. The highest BCUT2D eigenvalue weighted by atomic mass is 16.6. The number of carbonyl (C=O) groups excluding carboxylic acids is 3. The largest absolute Gasteiger partial charge is 0.444 e. The van der Waals surface area contributed by atoms with E-state index in [1.807, 2.05) is 65.8 Å². The zero-order chi connectivity index (χ0) is 24.6. The van der Waals surface area contributed by atoms with Gasteiger partial charge in [0.05, 0.1) is 0 Å². The molecule has 180 valence electrons. The van der Waals surface area contributed by atoms with Crippen molar-refractivity contribution in [3.63, 3.8) is 0 Å². The van der Waals surface area contributed by atoms with Crippen LogP contribution in [0, 0.1) is 12.8 Å². The van der Waals surface area contributed by atoms with Crippen LogP contribution in [-0.4, -0.2) is 47.0 Å². The van der Waals surface area contributed by atoms with Gasteiger partial charge in [0.15, 0.2) is 0 Å². The SMILES string of the molecule is CCN(C(=O)C(CC(C)C)NC(=O)OC(C)(C)C)C(C(=O)NC(C)C)c1ccccc1C.